The predicted molar refractivity (Wildman–Crippen MR) is 117 cm³/mol. The molecule has 0 spiro atoms. The zero-order chi connectivity index (χ0) is 22.2. The van der Waals surface area contributed by atoms with Gasteiger partial charge >= 0.3 is 0 Å². The topological polar surface area (TPSA) is 79.3 Å². The van der Waals surface area contributed by atoms with Crippen LogP contribution in [-0.4, -0.2) is 52.6 Å². The lowest BCUT2D eigenvalue weighted by atomic mass is 9.57. The van der Waals surface area contributed by atoms with Crippen molar-refractivity contribution in [1.29, 1.82) is 0 Å². The van der Waals surface area contributed by atoms with Crippen LogP contribution in [0.4, 0.5) is 0 Å². The number of hydrogen-bond acceptors (Lipinski definition) is 5. The Morgan fingerprint density at radius 1 is 1.43 bits per heavy atom. The highest BCUT2D eigenvalue weighted by Gasteiger charge is 2.50. The van der Waals surface area contributed by atoms with Crippen LogP contribution in [0.2, 0.25) is 0 Å². The van der Waals surface area contributed by atoms with Crippen molar-refractivity contribution in [3.05, 3.63) is 36.0 Å². The number of epoxide rings is 1. The third-order valence-corrected chi connectivity index (χ3v) is 7.45. The molecule has 3 aliphatic rings. The largest absolute Gasteiger partial charge is 0.393 e. The highest BCUT2D eigenvalue weighted by molar-refractivity contribution is 5.95. The van der Waals surface area contributed by atoms with Gasteiger partial charge in [-0.1, -0.05) is 43.7 Å². The van der Waals surface area contributed by atoms with Crippen LogP contribution >= 0.6 is 0 Å². The standard InChI is InChI=1S/C25H38O5/c1-14(2)19-13-25(6)16(4)21(11-10-18(25)12-20(19)27)29-17(5)23(28)24-22(30-24)9-7-8-15(3)26/h7,9,12,15-17,19,21-24,26,28H,1,8,10-11,13H2,2-6H3/b9-7+. The van der Waals surface area contributed by atoms with Crippen LogP contribution < -0.4 is 0 Å². The fourth-order valence-electron chi connectivity index (χ4n) is 5.09. The lowest BCUT2D eigenvalue weighted by Crippen LogP contribution is -2.48. The van der Waals surface area contributed by atoms with E-state index < -0.39 is 6.10 Å². The molecule has 1 heterocycles. The first-order valence-electron chi connectivity index (χ1n) is 11.3. The summed E-state index contributed by atoms with van der Waals surface area (Å²) in [7, 11) is 0. The summed E-state index contributed by atoms with van der Waals surface area (Å²) in [5, 5.41) is 20.0. The summed E-state index contributed by atoms with van der Waals surface area (Å²) in [4.78, 5) is 12.5. The van der Waals surface area contributed by atoms with E-state index in [1.165, 1.54) is 5.57 Å². The van der Waals surface area contributed by atoms with Crippen molar-refractivity contribution in [2.45, 2.75) is 96.9 Å². The monoisotopic (exact) mass is 418 g/mol. The summed E-state index contributed by atoms with van der Waals surface area (Å²) >= 11 is 0. The smallest absolute Gasteiger partial charge is 0.162 e. The third kappa shape index (κ3) is 4.80. The van der Waals surface area contributed by atoms with Crippen molar-refractivity contribution in [2.75, 3.05) is 0 Å². The number of carbonyl (C=O) groups is 1. The van der Waals surface area contributed by atoms with Crippen LogP contribution in [0.5, 0.6) is 0 Å². The van der Waals surface area contributed by atoms with Crippen LogP contribution in [0.25, 0.3) is 0 Å². The van der Waals surface area contributed by atoms with Gasteiger partial charge in [-0.15, -0.1) is 0 Å². The molecular formula is C25H38O5. The second kappa shape index (κ2) is 9.07. The Hall–Kier alpha value is -1.27. The lowest BCUT2D eigenvalue weighted by Gasteiger charge is -2.50. The Morgan fingerprint density at radius 2 is 2.13 bits per heavy atom. The van der Waals surface area contributed by atoms with Crippen molar-refractivity contribution in [3.8, 4) is 0 Å². The summed E-state index contributed by atoms with van der Waals surface area (Å²) in [6, 6.07) is 0. The molecule has 9 unspecified atom stereocenters. The van der Waals surface area contributed by atoms with Gasteiger partial charge in [-0.05, 0) is 63.9 Å². The molecule has 30 heavy (non-hydrogen) atoms. The molecule has 168 valence electrons. The number of ether oxygens (including phenoxy) is 2. The first-order valence-corrected chi connectivity index (χ1v) is 11.3. The van der Waals surface area contributed by atoms with E-state index in [1.54, 1.807) is 6.92 Å². The number of carbonyl (C=O) groups excluding carboxylic acids is 1. The molecule has 5 nitrogen and oxygen atoms in total. The molecule has 0 bridgehead atoms. The molecule has 1 saturated heterocycles. The van der Waals surface area contributed by atoms with Crippen LogP contribution in [-0.2, 0) is 14.3 Å². The minimum atomic E-state index is -0.695. The van der Waals surface area contributed by atoms with Crippen LogP contribution in [0.15, 0.2) is 36.0 Å². The number of aliphatic hydroxyl groups excluding tert-OH is 2. The van der Waals surface area contributed by atoms with Gasteiger partial charge in [0, 0.05) is 5.92 Å². The van der Waals surface area contributed by atoms with E-state index in [2.05, 4.69) is 20.4 Å². The number of fused-ring (bicyclic) bond motifs is 1. The molecule has 2 aliphatic carbocycles. The molecule has 5 heteroatoms. The van der Waals surface area contributed by atoms with Gasteiger partial charge in [0.25, 0.3) is 0 Å². The van der Waals surface area contributed by atoms with Gasteiger partial charge in [0.1, 0.15) is 18.3 Å². The van der Waals surface area contributed by atoms with E-state index in [0.717, 1.165) is 24.8 Å². The number of hydrogen-bond donors (Lipinski definition) is 2. The second-order valence-electron chi connectivity index (χ2n) is 9.87. The van der Waals surface area contributed by atoms with Gasteiger partial charge in [-0.3, -0.25) is 4.79 Å². The van der Waals surface area contributed by atoms with Crippen molar-refractivity contribution in [2.24, 2.45) is 17.3 Å². The fraction of sp³-hybridized carbons (Fsp3) is 0.720. The average Bonchev–Trinajstić information content (AvgIpc) is 3.43. The highest BCUT2D eigenvalue weighted by Crippen LogP contribution is 2.53. The summed E-state index contributed by atoms with van der Waals surface area (Å²) in [6.07, 6.45) is 6.99. The van der Waals surface area contributed by atoms with Crippen LogP contribution in [0, 0.1) is 17.3 Å². The molecule has 0 aromatic carbocycles. The quantitative estimate of drug-likeness (QED) is 0.464. The average molecular weight is 419 g/mol. The van der Waals surface area contributed by atoms with Gasteiger partial charge in [0.05, 0.1) is 18.3 Å². The number of ketones is 1. The SMILES string of the molecule is C=C(C)C1CC2(C)C(=CC1=O)CCC(OC(C)C(O)C1OC1/C=C/CC(C)O)C2C. The fourth-order valence-corrected chi connectivity index (χ4v) is 5.09. The van der Waals surface area contributed by atoms with E-state index in [4.69, 9.17) is 9.47 Å². The Balaban J connectivity index is 1.60. The molecule has 3 rings (SSSR count). The van der Waals surface area contributed by atoms with Gasteiger partial charge < -0.3 is 19.7 Å². The molecule has 0 aromatic rings. The minimum Gasteiger partial charge on any atom is -0.393 e. The van der Waals surface area contributed by atoms with E-state index in [9.17, 15) is 15.0 Å². The van der Waals surface area contributed by atoms with Crippen molar-refractivity contribution in [3.63, 3.8) is 0 Å². The van der Waals surface area contributed by atoms with E-state index in [0.29, 0.717) is 6.42 Å². The summed E-state index contributed by atoms with van der Waals surface area (Å²) in [5.41, 5.74) is 2.07. The molecule has 2 N–H and O–H groups in total. The number of rotatable bonds is 8. The maximum Gasteiger partial charge on any atom is 0.162 e. The summed E-state index contributed by atoms with van der Waals surface area (Å²) < 4.78 is 12.0. The second-order valence-corrected chi connectivity index (χ2v) is 9.87. The number of aliphatic hydroxyl groups is 2. The van der Waals surface area contributed by atoms with Crippen LogP contribution in [0.1, 0.15) is 60.3 Å². The molecule has 9 atom stereocenters. The highest BCUT2D eigenvalue weighted by atomic mass is 16.6. The maximum absolute atomic E-state index is 12.5. The van der Waals surface area contributed by atoms with E-state index in [-0.39, 0.29) is 53.6 Å². The third-order valence-electron chi connectivity index (χ3n) is 7.45. The van der Waals surface area contributed by atoms with E-state index >= 15 is 0 Å². The first kappa shape index (κ1) is 23.4. The molecule has 0 amide bonds. The lowest BCUT2D eigenvalue weighted by molar-refractivity contribution is -0.127. The summed E-state index contributed by atoms with van der Waals surface area (Å²) in [5.74, 6) is 0.312. The van der Waals surface area contributed by atoms with Gasteiger partial charge in [-0.2, -0.15) is 0 Å². The molecule has 1 aliphatic heterocycles. The van der Waals surface area contributed by atoms with Gasteiger partial charge in [0.15, 0.2) is 5.78 Å². The van der Waals surface area contributed by atoms with E-state index in [1.807, 2.05) is 32.1 Å². The molecule has 0 aromatic heterocycles. The van der Waals surface area contributed by atoms with Gasteiger partial charge in [-0.25, -0.2) is 0 Å². The minimum absolute atomic E-state index is 0.0266. The van der Waals surface area contributed by atoms with Gasteiger partial charge in [0.2, 0.25) is 0 Å². The molecule has 2 fully saturated rings. The van der Waals surface area contributed by atoms with Crippen molar-refractivity contribution in [1.82, 2.24) is 0 Å². The summed E-state index contributed by atoms with van der Waals surface area (Å²) in [6.45, 7) is 14.1. The maximum atomic E-state index is 12.5. The Bertz CT molecular complexity index is 723. The zero-order valence-corrected chi connectivity index (χ0v) is 19.0. The number of allylic oxidation sites excluding steroid dienone is 3. The van der Waals surface area contributed by atoms with Crippen molar-refractivity contribution < 1.29 is 24.5 Å². The van der Waals surface area contributed by atoms with Crippen LogP contribution in [0.3, 0.4) is 0 Å². The Morgan fingerprint density at radius 3 is 2.77 bits per heavy atom. The Kier molecular flexibility index (Phi) is 7.08. The molecule has 1 saturated carbocycles. The molecule has 0 radical (unpaired) electrons. The Labute approximate surface area is 180 Å². The molecular weight excluding hydrogens is 380 g/mol. The first-order chi connectivity index (χ1) is 14.0. The van der Waals surface area contributed by atoms with Crippen molar-refractivity contribution >= 4 is 5.78 Å². The zero-order valence-electron chi connectivity index (χ0n) is 19.0. The normalized spacial score (nSPS) is 39.2. The predicted octanol–water partition coefficient (Wildman–Crippen LogP) is 3.74.